The highest BCUT2D eigenvalue weighted by molar-refractivity contribution is 6.06. The standard InChI is InChI=1S/C25H35N3O3/c1-3-15(2)23(25(31)26-17-9-11-18(29)12-10-17)28-24(30)16-8-13-22-20(14-16)19-6-4-5-7-21(19)27-22/h4-5,7,15-18,23,29H,3,6,8-14H2,1-2H3,(H,26,31)(H,28,30)/t15-,16?,17?,18?,23-/m0/s1. The van der Waals surface area contributed by atoms with Crippen molar-refractivity contribution in [1.82, 2.24) is 10.6 Å². The third kappa shape index (κ3) is 4.84. The minimum absolute atomic E-state index is 0.0181. The molecule has 0 aromatic heterocycles. The van der Waals surface area contributed by atoms with Gasteiger partial charge in [-0.05, 0) is 74.5 Å². The topological polar surface area (TPSA) is 90.8 Å². The van der Waals surface area contributed by atoms with Gasteiger partial charge in [-0.25, -0.2) is 0 Å². The first-order chi connectivity index (χ1) is 15.0. The van der Waals surface area contributed by atoms with Crippen LogP contribution in [-0.2, 0) is 9.59 Å². The summed E-state index contributed by atoms with van der Waals surface area (Å²) in [6.45, 7) is 4.07. The van der Waals surface area contributed by atoms with E-state index in [4.69, 9.17) is 4.99 Å². The van der Waals surface area contributed by atoms with Crippen LogP contribution in [0, 0.1) is 11.8 Å². The minimum atomic E-state index is -0.520. The number of aliphatic hydroxyl groups is 1. The van der Waals surface area contributed by atoms with Crippen molar-refractivity contribution in [3.8, 4) is 0 Å². The number of rotatable bonds is 6. The number of aliphatic hydroxyl groups excluding tert-OH is 1. The first kappa shape index (κ1) is 22.0. The van der Waals surface area contributed by atoms with Gasteiger partial charge >= 0.3 is 0 Å². The fourth-order valence-electron chi connectivity index (χ4n) is 5.13. The molecule has 1 heterocycles. The van der Waals surface area contributed by atoms with Gasteiger partial charge in [0.2, 0.25) is 11.8 Å². The summed E-state index contributed by atoms with van der Waals surface area (Å²) in [5.74, 6) is -0.163. The number of hydrogen-bond acceptors (Lipinski definition) is 4. The van der Waals surface area contributed by atoms with Crippen molar-refractivity contribution in [2.75, 3.05) is 0 Å². The molecule has 6 heteroatoms. The zero-order valence-electron chi connectivity index (χ0n) is 18.7. The maximum Gasteiger partial charge on any atom is 0.243 e. The molecule has 0 saturated heterocycles. The van der Waals surface area contributed by atoms with Crippen LogP contribution in [0.25, 0.3) is 0 Å². The van der Waals surface area contributed by atoms with E-state index in [2.05, 4.69) is 22.8 Å². The van der Waals surface area contributed by atoms with Crippen LogP contribution in [0.5, 0.6) is 0 Å². The van der Waals surface area contributed by atoms with Crippen molar-refractivity contribution in [1.29, 1.82) is 0 Å². The zero-order valence-corrected chi connectivity index (χ0v) is 18.7. The molecule has 4 aliphatic rings. The molecule has 0 radical (unpaired) electrons. The Morgan fingerprint density at radius 1 is 1.19 bits per heavy atom. The van der Waals surface area contributed by atoms with Gasteiger partial charge in [-0.1, -0.05) is 32.4 Å². The Kier molecular flexibility index (Phi) is 6.75. The van der Waals surface area contributed by atoms with Gasteiger partial charge < -0.3 is 15.7 Å². The van der Waals surface area contributed by atoms with Crippen molar-refractivity contribution < 1.29 is 14.7 Å². The second kappa shape index (κ2) is 9.51. The van der Waals surface area contributed by atoms with E-state index < -0.39 is 6.04 Å². The molecule has 3 aliphatic carbocycles. The Balaban J connectivity index is 1.40. The zero-order chi connectivity index (χ0) is 22.0. The summed E-state index contributed by atoms with van der Waals surface area (Å²) < 4.78 is 0. The molecular formula is C25H35N3O3. The molecule has 6 nitrogen and oxygen atoms in total. The molecule has 2 amide bonds. The minimum Gasteiger partial charge on any atom is -0.393 e. The summed E-state index contributed by atoms with van der Waals surface area (Å²) >= 11 is 0. The van der Waals surface area contributed by atoms with Gasteiger partial charge in [-0.15, -0.1) is 0 Å². The lowest BCUT2D eigenvalue weighted by Gasteiger charge is -2.31. The summed E-state index contributed by atoms with van der Waals surface area (Å²) in [6.07, 6.45) is 13.0. The van der Waals surface area contributed by atoms with E-state index in [1.807, 2.05) is 19.9 Å². The summed E-state index contributed by atoms with van der Waals surface area (Å²) in [5.41, 5.74) is 4.71. The summed E-state index contributed by atoms with van der Waals surface area (Å²) in [7, 11) is 0. The number of allylic oxidation sites excluding steroid dienone is 5. The van der Waals surface area contributed by atoms with Gasteiger partial charge in [0.1, 0.15) is 6.04 Å². The van der Waals surface area contributed by atoms with Crippen LogP contribution in [0.3, 0.4) is 0 Å². The molecule has 1 unspecified atom stereocenters. The Labute approximate surface area is 185 Å². The summed E-state index contributed by atoms with van der Waals surface area (Å²) in [5, 5.41) is 15.9. The molecular weight excluding hydrogens is 390 g/mol. The predicted octanol–water partition coefficient (Wildman–Crippen LogP) is 3.33. The Hall–Kier alpha value is -2.21. The van der Waals surface area contributed by atoms with Crippen LogP contribution in [0.1, 0.15) is 71.6 Å². The highest BCUT2D eigenvalue weighted by Crippen LogP contribution is 2.39. The quantitative estimate of drug-likeness (QED) is 0.610. The molecule has 0 bridgehead atoms. The van der Waals surface area contributed by atoms with E-state index in [0.717, 1.165) is 62.8 Å². The van der Waals surface area contributed by atoms with Gasteiger partial charge in [-0.2, -0.15) is 0 Å². The van der Waals surface area contributed by atoms with Gasteiger partial charge in [0.25, 0.3) is 0 Å². The lowest BCUT2D eigenvalue weighted by atomic mass is 9.81. The number of hydrogen-bond donors (Lipinski definition) is 3. The van der Waals surface area contributed by atoms with Crippen LogP contribution in [0.15, 0.2) is 40.1 Å². The number of aliphatic imine (C=N–C) groups is 1. The lowest BCUT2D eigenvalue weighted by molar-refractivity contribution is -0.133. The van der Waals surface area contributed by atoms with E-state index in [-0.39, 0.29) is 35.8 Å². The fraction of sp³-hybridized carbons (Fsp3) is 0.640. The maximum absolute atomic E-state index is 13.2. The van der Waals surface area contributed by atoms with Crippen molar-refractivity contribution in [3.05, 3.63) is 35.1 Å². The smallest absolute Gasteiger partial charge is 0.243 e. The van der Waals surface area contributed by atoms with Gasteiger partial charge in [0.05, 0.1) is 11.8 Å². The number of carbonyl (C=O) groups excluding carboxylic acids is 2. The molecule has 3 N–H and O–H groups in total. The van der Waals surface area contributed by atoms with Gasteiger partial charge in [-0.3, -0.25) is 14.6 Å². The van der Waals surface area contributed by atoms with Crippen LogP contribution in [0.2, 0.25) is 0 Å². The fourth-order valence-corrected chi connectivity index (χ4v) is 5.13. The first-order valence-corrected chi connectivity index (χ1v) is 11.9. The molecule has 4 rings (SSSR count). The van der Waals surface area contributed by atoms with E-state index >= 15 is 0 Å². The second-order valence-corrected chi connectivity index (χ2v) is 9.53. The van der Waals surface area contributed by atoms with E-state index in [0.29, 0.717) is 6.42 Å². The van der Waals surface area contributed by atoms with Crippen molar-refractivity contribution in [2.24, 2.45) is 16.8 Å². The Morgan fingerprint density at radius 2 is 1.97 bits per heavy atom. The van der Waals surface area contributed by atoms with Crippen LogP contribution in [-0.4, -0.2) is 40.8 Å². The van der Waals surface area contributed by atoms with Crippen molar-refractivity contribution >= 4 is 17.5 Å². The lowest BCUT2D eigenvalue weighted by Crippen LogP contribution is -2.54. The van der Waals surface area contributed by atoms with Crippen molar-refractivity contribution in [3.63, 3.8) is 0 Å². The second-order valence-electron chi connectivity index (χ2n) is 9.53. The monoisotopic (exact) mass is 425 g/mol. The molecule has 2 saturated carbocycles. The normalized spacial score (nSPS) is 29.3. The number of nitrogens with zero attached hydrogens (tertiary/aromatic N) is 1. The van der Waals surface area contributed by atoms with Crippen molar-refractivity contribution in [2.45, 2.75) is 89.8 Å². The third-order valence-corrected chi connectivity index (χ3v) is 7.38. The number of fused-ring (bicyclic) bond motifs is 2. The van der Waals surface area contributed by atoms with E-state index in [1.165, 1.54) is 11.1 Å². The summed E-state index contributed by atoms with van der Waals surface area (Å²) in [6, 6.07) is -0.434. The highest BCUT2D eigenvalue weighted by atomic mass is 16.3. The maximum atomic E-state index is 13.2. The SMILES string of the molecule is CC[C@H](C)[C@H](NC(=O)C1CCC2=NC3=CC=CCC3=C2C1)C(=O)NC1CCC(O)CC1. The molecule has 1 aliphatic heterocycles. The molecule has 2 fully saturated rings. The van der Waals surface area contributed by atoms with E-state index in [1.54, 1.807) is 0 Å². The number of amides is 2. The van der Waals surface area contributed by atoms with Crippen LogP contribution in [0.4, 0.5) is 0 Å². The van der Waals surface area contributed by atoms with E-state index in [9.17, 15) is 14.7 Å². The van der Waals surface area contributed by atoms with Gasteiger partial charge in [0.15, 0.2) is 0 Å². The number of nitrogens with one attached hydrogen (secondary N) is 2. The number of carbonyl (C=O) groups is 2. The first-order valence-electron chi connectivity index (χ1n) is 11.9. The predicted molar refractivity (Wildman–Crippen MR) is 121 cm³/mol. The molecule has 0 aromatic rings. The molecule has 31 heavy (non-hydrogen) atoms. The molecule has 3 atom stereocenters. The van der Waals surface area contributed by atoms with Gasteiger partial charge in [0, 0.05) is 17.7 Å². The molecule has 0 aromatic carbocycles. The Morgan fingerprint density at radius 3 is 2.71 bits per heavy atom. The Bertz CT molecular complexity index is 846. The average Bonchev–Trinajstić information content (AvgIpc) is 3.16. The average molecular weight is 426 g/mol. The molecule has 168 valence electrons. The largest absolute Gasteiger partial charge is 0.393 e. The summed E-state index contributed by atoms with van der Waals surface area (Å²) in [4.78, 5) is 31.0. The molecule has 0 spiro atoms. The van der Waals surface area contributed by atoms with Crippen LogP contribution < -0.4 is 10.6 Å². The third-order valence-electron chi connectivity index (χ3n) is 7.38. The highest BCUT2D eigenvalue weighted by Gasteiger charge is 2.36. The van der Waals surface area contributed by atoms with Crippen LogP contribution >= 0.6 is 0 Å².